The van der Waals surface area contributed by atoms with Crippen LogP contribution >= 0.6 is 0 Å². The number of nitrogens with zero attached hydrogens (tertiary/aromatic N) is 1. The van der Waals surface area contributed by atoms with Gasteiger partial charge in [-0.15, -0.1) is 0 Å². The molecule has 1 heterocycles. The monoisotopic (exact) mass is 417 g/mol. The molecular formula is C22H43NO4S. The van der Waals surface area contributed by atoms with Gasteiger partial charge in [0, 0.05) is 19.6 Å². The number of rotatable bonds is 17. The highest BCUT2D eigenvalue weighted by atomic mass is 32.2. The Kier molecular flexibility index (Phi) is 14.7. The van der Waals surface area contributed by atoms with Crippen molar-refractivity contribution in [2.24, 2.45) is 0 Å². The van der Waals surface area contributed by atoms with Crippen molar-refractivity contribution in [1.29, 1.82) is 0 Å². The second kappa shape index (κ2) is 16.2. The fourth-order valence-corrected chi connectivity index (χ4v) is 4.88. The molecular weight excluding hydrogens is 374 g/mol. The molecule has 0 spiro atoms. The molecule has 0 aromatic rings. The maximum Gasteiger partial charge on any atom is 0.307 e. The Morgan fingerprint density at radius 1 is 0.786 bits per heavy atom. The van der Waals surface area contributed by atoms with Gasteiger partial charge >= 0.3 is 5.97 Å². The summed E-state index contributed by atoms with van der Waals surface area (Å²) < 4.78 is 28.0. The van der Waals surface area contributed by atoms with Crippen molar-refractivity contribution in [1.82, 2.24) is 4.90 Å². The first-order valence-corrected chi connectivity index (χ1v) is 13.4. The number of hydrogen-bond donors (Lipinski definition) is 0. The zero-order valence-corrected chi connectivity index (χ0v) is 18.9. The first-order chi connectivity index (χ1) is 13.5. The van der Waals surface area contributed by atoms with Crippen molar-refractivity contribution in [2.75, 3.05) is 37.7 Å². The van der Waals surface area contributed by atoms with Crippen LogP contribution in [0.1, 0.15) is 96.8 Å². The van der Waals surface area contributed by atoms with Crippen LogP contribution in [0.5, 0.6) is 0 Å². The van der Waals surface area contributed by atoms with Gasteiger partial charge in [0.25, 0.3) is 0 Å². The van der Waals surface area contributed by atoms with Crippen molar-refractivity contribution in [3.8, 4) is 0 Å². The zero-order valence-electron chi connectivity index (χ0n) is 18.1. The van der Waals surface area contributed by atoms with E-state index in [4.69, 9.17) is 4.74 Å². The molecule has 0 bridgehead atoms. The van der Waals surface area contributed by atoms with Crippen molar-refractivity contribution >= 4 is 15.8 Å². The van der Waals surface area contributed by atoms with E-state index in [-0.39, 0.29) is 17.5 Å². The van der Waals surface area contributed by atoms with E-state index in [9.17, 15) is 13.2 Å². The Bertz CT molecular complexity index is 479. The number of carbonyl (C=O) groups excluding carboxylic acids is 1. The summed E-state index contributed by atoms with van der Waals surface area (Å²) in [7, 11) is -2.85. The minimum Gasteiger partial charge on any atom is -0.466 e. The summed E-state index contributed by atoms with van der Waals surface area (Å²) in [5, 5.41) is 0. The molecule has 28 heavy (non-hydrogen) atoms. The number of sulfone groups is 1. The van der Waals surface area contributed by atoms with Gasteiger partial charge in [-0.25, -0.2) is 8.42 Å². The van der Waals surface area contributed by atoms with E-state index in [1.54, 1.807) is 0 Å². The average molecular weight is 418 g/mol. The zero-order chi connectivity index (χ0) is 20.5. The van der Waals surface area contributed by atoms with Crippen LogP contribution in [0, 0.1) is 0 Å². The molecule has 0 atom stereocenters. The third-order valence-corrected chi connectivity index (χ3v) is 7.19. The van der Waals surface area contributed by atoms with Crippen LogP contribution in [0.15, 0.2) is 0 Å². The molecule has 0 aliphatic carbocycles. The average Bonchev–Trinajstić information content (AvgIpc) is 2.67. The largest absolute Gasteiger partial charge is 0.466 e. The van der Waals surface area contributed by atoms with E-state index in [0.29, 0.717) is 32.7 Å². The van der Waals surface area contributed by atoms with E-state index >= 15 is 0 Å². The molecule has 1 rings (SSSR count). The van der Waals surface area contributed by atoms with Gasteiger partial charge in [0.15, 0.2) is 9.84 Å². The Hall–Kier alpha value is -0.620. The molecule has 0 saturated carbocycles. The van der Waals surface area contributed by atoms with Crippen LogP contribution in [0.25, 0.3) is 0 Å². The van der Waals surface area contributed by atoms with Crippen molar-refractivity contribution < 1.29 is 17.9 Å². The van der Waals surface area contributed by atoms with Gasteiger partial charge in [-0.1, -0.05) is 84.0 Å². The number of unbranched alkanes of at least 4 members (excludes halogenated alkanes) is 12. The highest BCUT2D eigenvalue weighted by molar-refractivity contribution is 7.91. The summed E-state index contributed by atoms with van der Waals surface area (Å²) in [5.41, 5.74) is 0. The van der Waals surface area contributed by atoms with Crippen LogP contribution in [-0.4, -0.2) is 57.0 Å². The van der Waals surface area contributed by atoms with Gasteiger partial charge in [0.2, 0.25) is 0 Å². The summed E-state index contributed by atoms with van der Waals surface area (Å²) in [6, 6.07) is 0. The molecule has 0 radical (unpaired) electrons. The Morgan fingerprint density at radius 2 is 1.25 bits per heavy atom. The Balaban J connectivity index is 1.80. The number of ether oxygens (including phenoxy) is 1. The standard InChI is InChI=1S/C22H43NO4S/c1-2-3-4-5-6-7-8-9-10-11-12-13-14-19-27-22(24)15-16-23-17-20-28(25,26)21-18-23/h2-21H2,1H3. The topological polar surface area (TPSA) is 63.7 Å². The molecule has 1 fully saturated rings. The highest BCUT2D eigenvalue weighted by Gasteiger charge is 2.21. The first-order valence-electron chi connectivity index (χ1n) is 11.6. The normalized spacial score (nSPS) is 16.9. The van der Waals surface area contributed by atoms with E-state index in [1.807, 2.05) is 4.90 Å². The summed E-state index contributed by atoms with van der Waals surface area (Å²) >= 11 is 0. The van der Waals surface area contributed by atoms with Gasteiger partial charge in [0.05, 0.1) is 24.5 Å². The third-order valence-electron chi connectivity index (χ3n) is 5.58. The summed E-state index contributed by atoms with van der Waals surface area (Å²) in [6.07, 6.45) is 17.4. The van der Waals surface area contributed by atoms with Crippen molar-refractivity contribution in [2.45, 2.75) is 96.8 Å². The van der Waals surface area contributed by atoms with Crippen LogP contribution in [0.2, 0.25) is 0 Å². The van der Waals surface area contributed by atoms with E-state index in [1.165, 1.54) is 70.6 Å². The van der Waals surface area contributed by atoms with Crippen LogP contribution in [0.3, 0.4) is 0 Å². The fourth-order valence-electron chi connectivity index (χ4n) is 3.60. The lowest BCUT2D eigenvalue weighted by Crippen LogP contribution is -2.41. The predicted molar refractivity (Wildman–Crippen MR) is 116 cm³/mol. The highest BCUT2D eigenvalue weighted by Crippen LogP contribution is 2.12. The van der Waals surface area contributed by atoms with E-state index in [0.717, 1.165) is 12.8 Å². The molecule has 0 aromatic heterocycles. The molecule has 6 heteroatoms. The maximum atomic E-state index is 11.8. The minimum atomic E-state index is -2.85. The Morgan fingerprint density at radius 3 is 1.75 bits per heavy atom. The molecule has 1 aliphatic heterocycles. The first kappa shape index (κ1) is 25.4. The van der Waals surface area contributed by atoms with E-state index in [2.05, 4.69) is 6.92 Å². The van der Waals surface area contributed by atoms with Gasteiger partial charge < -0.3 is 9.64 Å². The van der Waals surface area contributed by atoms with Crippen molar-refractivity contribution in [3.63, 3.8) is 0 Å². The SMILES string of the molecule is CCCCCCCCCCCCCCCOC(=O)CCN1CCS(=O)(=O)CC1. The van der Waals surface area contributed by atoms with E-state index < -0.39 is 9.84 Å². The molecule has 0 amide bonds. The summed E-state index contributed by atoms with van der Waals surface area (Å²) in [4.78, 5) is 13.8. The maximum absolute atomic E-state index is 11.8. The molecule has 1 aliphatic rings. The van der Waals surface area contributed by atoms with Crippen LogP contribution in [0.4, 0.5) is 0 Å². The fraction of sp³-hybridized carbons (Fsp3) is 0.955. The van der Waals surface area contributed by atoms with Crippen LogP contribution < -0.4 is 0 Å². The molecule has 1 saturated heterocycles. The molecule has 0 N–H and O–H groups in total. The smallest absolute Gasteiger partial charge is 0.307 e. The van der Waals surface area contributed by atoms with Gasteiger partial charge in [-0.2, -0.15) is 0 Å². The van der Waals surface area contributed by atoms with Gasteiger partial charge in [0.1, 0.15) is 0 Å². The predicted octanol–water partition coefficient (Wildman–Crippen LogP) is 4.74. The van der Waals surface area contributed by atoms with Gasteiger partial charge in [-0.3, -0.25) is 4.79 Å². The summed E-state index contributed by atoms with van der Waals surface area (Å²) in [5.74, 6) is 0.259. The lowest BCUT2D eigenvalue weighted by molar-refractivity contribution is -0.144. The lowest BCUT2D eigenvalue weighted by Gasteiger charge is -2.25. The second-order valence-corrected chi connectivity index (χ2v) is 10.5. The second-order valence-electron chi connectivity index (χ2n) is 8.21. The third kappa shape index (κ3) is 14.4. The van der Waals surface area contributed by atoms with Crippen LogP contribution in [-0.2, 0) is 19.4 Å². The lowest BCUT2D eigenvalue weighted by atomic mass is 10.0. The molecule has 0 unspecified atom stereocenters. The number of hydrogen-bond acceptors (Lipinski definition) is 5. The molecule has 166 valence electrons. The number of esters is 1. The minimum absolute atomic E-state index is 0.160. The molecule has 5 nitrogen and oxygen atoms in total. The number of carbonyl (C=O) groups is 1. The molecule has 0 aromatic carbocycles. The summed E-state index contributed by atoms with van der Waals surface area (Å²) in [6.45, 7) is 4.46. The van der Waals surface area contributed by atoms with Gasteiger partial charge in [-0.05, 0) is 6.42 Å². The van der Waals surface area contributed by atoms with Crippen molar-refractivity contribution in [3.05, 3.63) is 0 Å². The quantitative estimate of drug-likeness (QED) is 0.253. The Labute approximate surface area is 173 Å².